The maximum Gasteiger partial charge on any atom is 0.261 e. The molecule has 0 heterocycles. The smallest absolute Gasteiger partial charge is 0.261 e. The Kier molecular flexibility index (Phi) is 7.72. The molecule has 31 heavy (non-hydrogen) atoms. The van der Waals surface area contributed by atoms with Crippen molar-refractivity contribution < 1.29 is 26.4 Å². The highest BCUT2D eigenvalue weighted by atomic mass is 32.2. The fraction of sp³-hybridized carbons (Fsp3) is 0.381. The zero-order valence-electron chi connectivity index (χ0n) is 18.2. The second-order valence-electron chi connectivity index (χ2n) is 7.31. The van der Waals surface area contributed by atoms with E-state index in [2.05, 4.69) is 5.32 Å². The normalized spacial score (nSPS) is 13.8. The molecule has 2 aromatic rings. The van der Waals surface area contributed by atoms with Gasteiger partial charge in [0.25, 0.3) is 5.91 Å². The molecular formula is C21H28N2O6S2. The number of carbonyl (C=O) groups is 1. The van der Waals surface area contributed by atoms with Crippen molar-refractivity contribution >= 4 is 31.5 Å². The van der Waals surface area contributed by atoms with Gasteiger partial charge in [-0.3, -0.25) is 9.10 Å². The van der Waals surface area contributed by atoms with E-state index in [0.717, 1.165) is 22.4 Å². The molecule has 1 amide bonds. The van der Waals surface area contributed by atoms with Gasteiger partial charge in [0, 0.05) is 13.3 Å². The summed E-state index contributed by atoms with van der Waals surface area (Å²) in [5, 5.41) is 2.87. The summed E-state index contributed by atoms with van der Waals surface area (Å²) < 4.78 is 53.4. The Balaban J connectivity index is 2.04. The van der Waals surface area contributed by atoms with Gasteiger partial charge in [0.1, 0.15) is 5.75 Å². The lowest BCUT2D eigenvalue weighted by molar-refractivity contribution is -0.128. The topological polar surface area (TPSA) is 110 Å². The molecule has 0 bridgehead atoms. The molecule has 0 aliphatic heterocycles. The molecule has 0 spiro atoms. The molecule has 170 valence electrons. The van der Waals surface area contributed by atoms with Crippen LogP contribution in [0.15, 0.2) is 53.4 Å². The Morgan fingerprint density at radius 1 is 1.00 bits per heavy atom. The van der Waals surface area contributed by atoms with Gasteiger partial charge >= 0.3 is 0 Å². The lowest BCUT2D eigenvalue weighted by Crippen LogP contribution is -2.39. The lowest BCUT2D eigenvalue weighted by Gasteiger charge is -2.21. The van der Waals surface area contributed by atoms with Gasteiger partial charge in [-0.25, -0.2) is 16.8 Å². The summed E-state index contributed by atoms with van der Waals surface area (Å²) in [5.41, 5.74) is 1.25. The summed E-state index contributed by atoms with van der Waals surface area (Å²) >= 11 is 0. The number of anilines is 1. The van der Waals surface area contributed by atoms with Gasteiger partial charge in [0.2, 0.25) is 10.0 Å². The maximum atomic E-state index is 12.7. The maximum absolute atomic E-state index is 12.7. The third-order valence-electron chi connectivity index (χ3n) is 4.81. The predicted octanol–water partition coefficient (Wildman–Crippen LogP) is 2.52. The van der Waals surface area contributed by atoms with Crippen LogP contribution in [0.2, 0.25) is 0 Å². The van der Waals surface area contributed by atoms with Crippen LogP contribution in [0.1, 0.15) is 31.9 Å². The van der Waals surface area contributed by atoms with Gasteiger partial charge in [-0.1, -0.05) is 19.1 Å². The third-order valence-corrected chi connectivity index (χ3v) is 7.14. The zero-order valence-corrected chi connectivity index (χ0v) is 19.8. The van der Waals surface area contributed by atoms with Crippen molar-refractivity contribution in [3.8, 4) is 5.75 Å². The van der Waals surface area contributed by atoms with Gasteiger partial charge in [-0.2, -0.15) is 0 Å². The fourth-order valence-electron chi connectivity index (χ4n) is 2.81. The molecule has 8 nitrogen and oxygen atoms in total. The Labute approximate surface area is 184 Å². The van der Waals surface area contributed by atoms with E-state index >= 15 is 0 Å². The van der Waals surface area contributed by atoms with Crippen LogP contribution in [0.4, 0.5) is 5.69 Å². The molecule has 0 aliphatic rings. The fourth-order valence-corrected chi connectivity index (χ4v) is 3.94. The highest BCUT2D eigenvalue weighted by Gasteiger charge is 2.21. The SMILES string of the molecule is CCC(Oc1ccc(N(C)S(C)(=O)=O)cc1)C(=O)NC(C)c1ccc(S(C)(=O)=O)cc1. The molecule has 0 fully saturated rings. The van der Waals surface area contributed by atoms with Gasteiger partial charge < -0.3 is 10.1 Å². The van der Waals surface area contributed by atoms with E-state index < -0.39 is 26.0 Å². The Bertz CT molecular complexity index is 1110. The van der Waals surface area contributed by atoms with Crippen LogP contribution in [0.3, 0.4) is 0 Å². The van der Waals surface area contributed by atoms with E-state index in [1.54, 1.807) is 43.3 Å². The summed E-state index contributed by atoms with van der Waals surface area (Å²) in [6.07, 6.45) is 1.94. The Morgan fingerprint density at radius 3 is 2.00 bits per heavy atom. The molecular weight excluding hydrogens is 440 g/mol. The van der Waals surface area contributed by atoms with Crippen molar-refractivity contribution in [1.82, 2.24) is 5.32 Å². The zero-order chi connectivity index (χ0) is 23.4. The van der Waals surface area contributed by atoms with Crippen LogP contribution < -0.4 is 14.4 Å². The van der Waals surface area contributed by atoms with Crippen molar-refractivity contribution in [3.63, 3.8) is 0 Å². The van der Waals surface area contributed by atoms with Crippen LogP contribution in [0.25, 0.3) is 0 Å². The van der Waals surface area contributed by atoms with Crippen molar-refractivity contribution in [1.29, 1.82) is 0 Å². The number of amides is 1. The highest BCUT2D eigenvalue weighted by molar-refractivity contribution is 7.92. The summed E-state index contributed by atoms with van der Waals surface area (Å²) in [7, 11) is -5.19. The summed E-state index contributed by atoms with van der Waals surface area (Å²) in [6, 6.07) is 12.4. The van der Waals surface area contributed by atoms with Gasteiger partial charge in [0.15, 0.2) is 15.9 Å². The Hall–Kier alpha value is -2.59. The largest absolute Gasteiger partial charge is 0.481 e. The van der Waals surface area contributed by atoms with Crippen molar-refractivity contribution in [2.75, 3.05) is 23.9 Å². The Morgan fingerprint density at radius 2 is 1.55 bits per heavy atom. The van der Waals surface area contributed by atoms with Crippen LogP contribution in [-0.2, 0) is 24.7 Å². The molecule has 0 aromatic heterocycles. The molecule has 0 saturated heterocycles. The molecule has 2 rings (SSSR count). The molecule has 2 unspecified atom stereocenters. The number of carbonyl (C=O) groups excluding carboxylic acids is 1. The minimum Gasteiger partial charge on any atom is -0.481 e. The molecule has 2 aromatic carbocycles. The summed E-state index contributed by atoms with van der Waals surface area (Å²) in [6.45, 7) is 3.62. The minimum atomic E-state index is -3.37. The first-order valence-corrected chi connectivity index (χ1v) is 13.4. The summed E-state index contributed by atoms with van der Waals surface area (Å²) in [4.78, 5) is 12.9. The number of nitrogens with zero attached hydrogens (tertiary/aromatic N) is 1. The second kappa shape index (κ2) is 9.69. The monoisotopic (exact) mass is 468 g/mol. The van der Waals surface area contributed by atoms with E-state index in [0.29, 0.717) is 17.9 Å². The number of sulfone groups is 1. The number of ether oxygens (including phenoxy) is 1. The number of hydrogen-bond acceptors (Lipinski definition) is 6. The molecule has 0 saturated carbocycles. The van der Waals surface area contributed by atoms with Crippen molar-refractivity contribution in [2.45, 2.75) is 37.3 Å². The number of benzene rings is 2. The molecule has 2 atom stereocenters. The van der Waals surface area contributed by atoms with Gasteiger partial charge in [-0.15, -0.1) is 0 Å². The average Bonchev–Trinajstić information content (AvgIpc) is 2.70. The van der Waals surface area contributed by atoms with Crippen molar-refractivity contribution in [2.24, 2.45) is 0 Å². The number of nitrogens with one attached hydrogen (secondary N) is 1. The average molecular weight is 469 g/mol. The van der Waals surface area contributed by atoms with E-state index in [4.69, 9.17) is 4.74 Å². The summed E-state index contributed by atoms with van der Waals surface area (Å²) in [5.74, 6) is 0.136. The van der Waals surface area contributed by atoms with Crippen LogP contribution in [0.5, 0.6) is 5.75 Å². The molecule has 10 heteroatoms. The number of rotatable bonds is 9. The molecule has 0 aliphatic carbocycles. The van der Waals surface area contributed by atoms with Gasteiger partial charge in [0.05, 0.1) is 22.9 Å². The third kappa shape index (κ3) is 6.70. The van der Waals surface area contributed by atoms with Crippen LogP contribution in [-0.4, -0.2) is 48.4 Å². The first kappa shape index (κ1) is 24.7. The van der Waals surface area contributed by atoms with Crippen LogP contribution >= 0.6 is 0 Å². The standard InChI is InChI=1S/C21H28N2O6S2/c1-6-20(29-18-11-9-17(10-12-18)23(3)31(5,27)28)21(24)22-15(2)16-7-13-19(14-8-16)30(4,25)26/h7-15,20H,6H2,1-5H3,(H,22,24). The van der Waals surface area contributed by atoms with Crippen LogP contribution in [0, 0.1) is 0 Å². The van der Waals surface area contributed by atoms with Crippen molar-refractivity contribution in [3.05, 3.63) is 54.1 Å². The highest BCUT2D eigenvalue weighted by Crippen LogP contribution is 2.22. The quantitative estimate of drug-likeness (QED) is 0.606. The first-order valence-electron chi connectivity index (χ1n) is 9.64. The van der Waals surface area contributed by atoms with E-state index in [9.17, 15) is 21.6 Å². The number of sulfonamides is 1. The minimum absolute atomic E-state index is 0.217. The lowest BCUT2D eigenvalue weighted by atomic mass is 10.1. The first-order chi connectivity index (χ1) is 14.3. The second-order valence-corrected chi connectivity index (χ2v) is 11.3. The van der Waals surface area contributed by atoms with E-state index in [-0.39, 0.29) is 16.8 Å². The van der Waals surface area contributed by atoms with E-state index in [1.165, 1.54) is 19.2 Å². The molecule has 1 N–H and O–H groups in total. The van der Waals surface area contributed by atoms with E-state index in [1.807, 2.05) is 6.92 Å². The molecule has 0 radical (unpaired) electrons. The number of hydrogen-bond donors (Lipinski definition) is 1. The van der Waals surface area contributed by atoms with Gasteiger partial charge in [-0.05, 0) is 55.3 Å². The predicted molar refractivity (Wildman–Crippen MR) is 121 cm³/mol.